The van der Waals surface area contributed by atoms with E-state index in [1.807, 2.05) is 0 Å². The molecule has 0 saturated heterocycles. The van der Waals surface area contributed by atoms with Gasteiger partial charge < -0.3 is 9.88 Å². The van der Waals surface area contributed by atoms with Crippen LogP contribution in [0.2, 0.25) is 0 Å². The predicted octanol–water partition coefficient (Wildman–Crippen LogP) is 1.73. The molecule has 1 heterocycles. The number of nitro groups is 1. The Morgan fingerprint density at radius 3 is 2.85 bits per heavy atom. The average molecular weight is 278 g/mol. The number of amides is 1. The Morgan fingerprint density at radius 2 is 2.30 bits per heavy atom. The molecule has 0 spiro atoms. The summed E-state index contributed by atoms with van der Waals surface area (Å²) in [5.74, 6) is -0.938. The minimum atomic E-state index is -0.921. The van der Waals surface area contributed by atoms with Crippen molar-refractivity contribution in [3.8, 4) is 0 Å². The van der Waals surface area contributed by atoms with Gasteiger partial charge in [0.15, 0.2) is 0 Å². The van der Waals surface area contributed by atoms with Gasteiger partial charge in [-0.2, -0.15) is 0 Å². The van der Waals surface area contributed by atoms with Crippen LogP contribution in [0.5, 0.6) is 0 Å². The van der Waals surface area contributed by atoms with Crippen LogP contribution in [-0.4, -0.2) is 32.7 Å². The van der Waals surface area contributed by atoms with Crippen molar-refractivity contribution in [2.45, 2.75) is 6.54 Å². The summed E-state index contributed by atoms with van der Waals surface area (Å²) in [5, 5.41) is 10.5. The normalized spacial score (nSPS) is 10.3. The van der Waals surface area contributed by atoms with E-state index in [2.05, 4.69) is 9.97 Å². The SMILES string of the molecule is CN(Cc1ncc[nH]1)C(=O)c1ccc([N+](=O)[O-])cc1F. The number of rotatable bonds is 4. The first-order chi connectivity index (χ1) is 9.49. The van der Waals surface area contributed by atoms with Gasteiger partial charge in [-0.3, -0.25) is 14.9 Å². The van der Waals surface area contributed by atoms with E-state index in [1.165, 1.54) is 11.9 Å². The lowest BCUT2D eigenvalue weighted by Gasteiger charge is -2.16. The molecule has 0 saturated carbocycles. The summed E-state index contributed by atoms with van der Waals surface area (Å²) >= 11 is 0. The van der Waals surface area contributed by atoms with Crippen molar-refractivity contribution in [1.29, 1.82) is 0 Å². The van der Waals surface area contributed by atoms with Crippen molar-refractivity contribution >= 4 is 11.6 Å². The summed E-state index contributed by atoms with van der Waals surface area (Å²) in [6.07, 6.45) is 3.15. The fourth-order valence-corrected chi connectivity index (χ4v) is 1.68. The molecule has 20 heavy (non-hydrogen) atoms. The Hall–Kier alpha value is -2.77. The molecule has 0 fully saturated rings. The summed E-state index contributed by atoms with van der Waals surface area (Å²) in [7, 11) is 1.49. The van der Waals surface area contributed by atoms with Gasteiger partial charge >= 0.3 is 0 Å². The molecule has 0 bridgehead atoms. The number of imidazole rings is 1. The van der Waals surface area contributed by atoms with Crippen molar-refractivity contribution in [1.82, 2.24) is 14.9 Å². The third-order valence-corrected chi connectivity index (χ3v) is 2.68. The Kier molecular flexibility index (Phi) is 3.74. The lowest BCUT2D eigenvalue weighted by atomic mass is 10.1. The average Bonchev–Trinajstić information content (AvgIpc) is 2.90. The van der Waals surface area contributed by atoms with Crippen LogP contribution in [0.3, 0.4) is 0 Å². The highest BCUT2D eigenvalue weighted by atomic mass is 19.1. The molecule has 1 N–H and O–H groups in total. The molecule has 7 nitrogen and oxygen atoms in total. The summed E-state index contributed by atoms with van der Waals surface area (Å²) in [5.41, 5.74) is -0.614. The topological polar surface area (TPSA) is 92.1 Å². The number of benzene rings is 1. The highest BCUT2D eigenvalue weighted by Gasteiger charge is 2.19. The molecule has 2 aromatic rings. The molecule has 0 aliphatic rings. The van der Waals surface area contributed by atoms with Crippen molar-refractivity contribution in [2.75, 3.05) is 7.05 Å². The van der Waals surface area contributed by atoms with Gasteiger partial charge in [-0.1, -0.05) is 0 Å². The van der Waals surface area contributed by atoms with Gasteiger partial charge in [0.25, 0.3) is 11.6 Å². The zero-order valence-electron chi connectivity index (χ0n) is 10.5. The van der Waals surface area contributed by atoms with E-state index >= 15 is 0 Å². The van der Waals surface area contributed by atoms with Crippen LogP contribution in [0, 0.1) is 15.9 Å². The number of nitrogens with zero attached hydrogens (tertiary/aromatic N) is 3. The van der Waals surface area contributed by atoms with Crippen molar-refractivity contribution in [3.63, 3.8) is 0 Å². The van der Waals surface area contributed by atoms with Crippen molar-refractivity contribution < 1.29 is 14.1 Å². The van der Waals surface area contributed by atoms with Crippen molar-refractivity contribution in [2.24, 2.45) is 0 Å². The molecule has 2 rings (SSSR count). The monoisotopic (exact) mass is 278 g/mol. The predicted molar refractivity (Wildman–Crippen MR) is 67.4 cm³/mol. The number of nitrogens with one attached hydrogen (secondary N) is 1. The smallest absolute Gasteiger partial charge is 0.272 e. The fraction of sp³-hybridized carbons (Fsp3) is 0.167. The van der Waals surface area contributed by atoms with Crippen molar-refractivity contribution in [3.05, 3.63) is 57.9 Å². The molecular formula is C12H11FN4O3. The van der Waals surface area contributed by atoms with E-state index in [9.17, 15) is 19.3 Å². The maximum Gasteiger partial charge on any atom is 0.272 e. The number of hydrogen-bond acceptors (Lipinski definition) is 4. The van der Waals surface area contributed by atoms with Crippen LogP contribution in [0.15, 0.2) is 30.6 Å². The molecule has 0 atom stereocenters. The molecule has 1 aromatic heterocycles. The maximum absolute atomic E-state index is 13.7. The van der Waals surface area contributed by atoms with Gasteiger partial charge in [0.05, 0.1) is 23.1 Å². The third kappa shape index (κ3) is 2.79. The summed E-state index contributed by atoms with van der Waals surface area (Å²) in [4.78, 5) is 29.9. The third-order valence-electron chi connectivity index (χ3n) is 2.68. The maximum atomic E-state index is 13.7. The summed E-state index contributed by atoms with van der Waals surface area (Å²) in [6.45, 7) is 0.183. The minimum absolute atomic E-state index is 0.183. The second kappa shape index (κ2) is 5.47. The van der Waals surface area contributed by atoms with Crippen LogP contribution in [0.1, 0.15) is 16.2 Å². The summed E-state index contributed by atoms with van der Waals surface area (Å²) < 4.78 is 13.7. The lowest BCUT2D eigenvalue weighted by molar-refractivity contribution is -0.385. The first kappa shape index (κ1) is 13.7. The summed E-state index contributed by atoms with van der Waals surface area (Å²) in [6, 6.07) is 2.93. The highest BCUT2D eigenvalue weighted by molar-refractivity contribution is 5.94. The number of halogens is 1. The number of aromatic amines is 1. The Bertz CT molecular complexity index is 642. The Labute approximate surface area is 113 Å². The van der Waals surface area contributed by atoms with E-state index in [0.717, 1.165) is 18.2 Å². The zero-order valence-corrected chi connectivity index (χ0v) is 10.5. The van der Waals surface area contributed by atoms with Gasteiger partial charge in [-0.25, -0.2) is 9.37 Å². The molecule has 0 aliphatic carbocycles. The van der Waals surface area contributed by atoms with Gasteiger partial charge in [0, 0.05) is 25.5 Å². The quantitative estimate of drug-likeness (QED) is 0.681. The largest absolute Gasteiger partial charge is 0.347 e. The van der Waals surface area contributed by atoms with Gasteiger partial charge in [-0.15, -0.1) is 0 Å². The molecule has 1 aromatic carbocycles. The zero-order chi connectivity index (χ0) is 14.7. The van der Waals surface area contributed by atoms with Gasteiger partial charge in [0.2, 0.25) is 0 Å². The van der Waals surface area contributed by atoms with Crippen LogP contribution >= 0.6 is 0 Å². The first-order valence-electron chi connectivity index (χ1n) is 5.66. The van der Waals surface area contributed by atoms with E-state index < -0.39 is 22.3 Å². The van der Waals surface area contributed by atoms with Crippen LogP contribution < -0.4 is 0 Å². The Balaban J connectivity index is 2.18. The number of aromatic nitrogens is 2. The molecular weight excluding hydrogens is 267 g/mol. The molecule has 1 amide bonds. The highest BCUT2D eigenvalue weighted by Crippen LogP contribution is 2.18. The molecule has 8 heteroatoms. The molecule has 0 aliphatic heterocycles. The standard InChI is InChI=1S/C12H11FN4O3/c1-16(7-11-14-4-5-15-11)12(18)9-3-2-8(17(19)20)6-10(9)13/h2-6H,7H2,1H3,(H,14,15). The number of carbonyl (C=O) groups is 1. The lowest BCUT2D eigenvalue weighted by Crippen LogP contribution is -2.27. The minimum Gasteiger partial charge on any atom is -0.347 e. The molecule has 0 unspecified atom stereocenters. The number of hydrogen-bond donors (Lipinski definition) is 1. The second-order valence-corrected chi connectivity index (χ2v) is 4.12. The Morgan fingerprint density at radius 1 is 1.55 bits per heavy atom. The molecule has 0 radical (unpaired) electrons. The number of carbonyl (C=O) groups excluding carboxylic acids is 1. The van der Waals surface area contributed by atoms with Gasteiger partial charge in [0.1, 0.15) is 11.6 Å². The van der Waals surface area contributed by atoms with Crippen LogP contribution in [-0.2, 0) is 6.54 Å². The van der Waals surface area contributed by atoms with E-state index in [1.54, 1.807) is 12.4 Å². The number of non-ortho nitro benzene ring substituents is 1. The second-order valence-electron chi connectivity index (χ2n) is 4.12. The fourth-order valence-electron chi connectivity index (χ4n) is 1.68. The van der Waals surface area contributed by atoms with E-state index in [4.69, 9.17) is 0 Å². The first-order valence-corrected chi connectivity index (χ1v) is 5.66. The van der Waals surface area contributed by atoms with E-state index in [0.29, 0.717) is 5.82 Å². The van der Waals surface area contributed by atoms with Gasteiger partial charge in [-0.05, 0) is 6.07 Å². The number of nitro benzene ring substituents is 1. The van der Waals surface area contributed by atoms with Crippen LogP contribution in [0.25, 0.3) is 0 Å². The number of H-pyrrole nitrogens is 1. The van der Waals surface area contributed by atoms with E-state index in [-0.39, 0.29) is 12.1 Å². The van der Waals surface area contributed by atoms with Crippen LogP contribution in [0.4, 0.5) is 10.1 Å². The molecule has 104 valence electrons.